The quantitative estimate of drug-likeness (QED) is 0.289. The monoisotopic (exact) mass is 526 g/mol. The average Bonchev–Trinajstić information content (AvgIpc) is 3.29. The molecule has 5 N–H and O–H groups in total. The second-order valence-corrected chi connectivity index (χ2v) is 8.46. The third-order valence-corrected chi connectivity index (χ3v) is 5.51. The molecule has 0 fully saturated rings. The number of halogens is 3. The van der Waals surface area contributed by atoms with E-state index in [1.54, 1.807) is 30.3 Å². The smallest absolute Gasteiger partial charge is 0.271 e. The Morgan fingerprint density at radius 2 is 1.81 bits per heavy atom. The second kappa shape index (κ2) is 10.7. The van der Waals surface area contributed by atoms with Gasteiger partial charge in [0.25, 0.3) is 11.8 Å². The van der Waals surface area contributed by atoms with E-state index in [1.165, 1.54) is 35.9 Å². The minimum atomic E-state index is -1.00. The predicted octanol–water partition coefficient (Wildman–Crippen LogP) is 3.81. The predicted molar refractivity (Wildman–Crippen MR) is 135 cm³/mol. The average molecular weight is 527 g/mol. The Bertz CT molecular complexity index is 1480. The zero-order chi connectivity index (χ0) is 26.7. The molecule has 9 nitrogen and oxygen atoms in total. The highest BCUT2D eigenvalue weighted by Crippen LogP contribution is 2.28. The number of anilines is 2. The zero-order valence-electron chi connectivity index (χ0n) is 19.4. The first-order valence-corrected chi connectivity index (χ1v) is 11.4. The SMILES string of the molecule is C[C@H](O)CNC(=O)c1cc(NC(=O)c2cc(-c3nc(N)c(F)cc3F)ccc2Cl)n(-c2ccccc2)n1. The Morgan fingerprint density at radius 3 is 2.51 bits per heavy atom. The maximum absolute atomic E-state index is 14.4. The molecule has 2 amide bonds. The summed E-state index contributed by atoms with van der Waals surface area (Å²) in [4.78, 5) is 29.5. The normalized spacial score (nSPS) is 11.7. The number of pyridine rings is 1. The van der Waals surface area contributed by atoms with Crippen molar-refractivity contribution in [1.29, 1.82) is 0 Å². The summed E-state index contributed by atoms with van der Waals surface area (Å²) in [6.07, 6.45) is -0.760. The van der Waals surface area contributed by atoms with E-state index in [1.807, 2.05) is 0 Å². The molecule has 0 bridgehead atoms. The highest BCUT2D eigenvalue weighted by atomic mass is 35.5. The summed E-state index contributed by atoms with van der Waals surface area (Å²) >= 11 is 6.25. The van der Waals surface area contributed by atoms with E-state index in [-0.39, 0.29) is 39.9 Å². The lowest BCUT2D eigenvalue weighted by atomic mass is 10.1. The number of nitrogens with zero attached hydrogens (tertiary/aromatic N) is 3. The van der Waals surface area contributed by atoms with Crippen molar-refractivity contribution in [2.75, 3.05) is 17.6 Å². The number of nitrogens with two attached hydrogens (primary N) is 1. The summed E-state index contributed by atoms with van der Waals surface area (Å²) in [6.45, 7) is 1.54. The van der Waals surface area contributed by atoms with Gasteiger partial charge in [-0.3, -0.25) is 9.59 Å². The van der Waals surface area contributed by atoms with Crippen molar-refractivity contribution < 1.29 is 23.5 Å². The number of benzene rings is 2. The Balaban J connectivity index is 1.69. The van der Waals surface area contributed by atoms with Crippen molar-refractivity contribution in [3.63, 3.8) is 0 Å². The summed E-state index contributed by atoms with van der Waals surface area (Å²) in [7, 11) is 0. The molecule has 37 heavy (non-hydrogen) atoms. The summed E-state index contributed by atoms with van der Waals surface area (Å²) in [6, 6.07) is 14.8. The molecule has 190 valence electrons. The standard InChI is InChI=1S/C25H21ClF2N6O3/c1-13(35)12-30-25(37)20-11-21(34(33-20)15-5-3-2-4-6-15)31-24(36)16-9-14(7-8-17(16)26)22-18(27)10-19(28)23(29)32-22/h2-11,13,35H,12H2,1H3,(H2,29,32)(H,30,37)(H,31,36)/t13-/m0/s1. The van der Waals surface area contributed by atoms with Crippen LogP contribution in [-0.2, 0) is 0 Å². The van der Waals surface area contributed by atoms with Crippen LogP contribution in [0.15, 0.2) is 60.7 Å². The number of aliphatic hydroxyl groups is 1. The van der Waals surface area contributed by atoms with E-state index in [0.717, 1.165) is 0 Å². The minimum Gasteiger partial charge on any atom is -0.392 e. The van der Waals surface area contributed by atoms with Crippen molar-refractivity contribution in [3.05, 3.63) is 88.6 Å². The molecule has 0 radical (unpaired) electrons. The molecule has 0 aliphatic carbocycles. The number of aliphatic hydroxyl groups excluding tert-OH is 1. The van der Waals surface area contributed by atoms with E-state index in [9.17, 15) is 23.5 Å². The van der Waals surface area contributed by atoms with Crippen molar-refractivity contribution in [1.82, 2.24) is 20.1 Å². The van der Waals surface area contributed by atoms with Crippen LogP contribution >= 0.6 is 11.6 Å². The molecule has 2 aromatic carbocycles. The Hall–Kier alpha value is -4.35. The lowest BCUT2D eigenvalue weighted by Crippen LogP contribution is -2.30. The van der Waals surface area contributed by atoms with Crippen molar-refractivity contribution >= 4 is 35.1 Å². The van der Waals surface area contributed by atoms with E-state index in [0.29, 0.717) is 11.8 Å². The Morgan fingerprint density at radius 1 is 1.08 bits per heavy atom. The first kappa shape index (κ1) is 25.7. The highest BCUT2D eigenvalue weighted by molar-refractivity contribution is 6.34. The van der Waals surface area contributed by atoms with E-state index < -0.39 is 35.4 Å². The number of hydrogen-bond acceptors (Lipinski definition) is 6. The second-order valence-electron chi connectivity index (χ2n) is 8.06. The fraction of sp³-hybridized carbons (Fsp3) is 0.120. The largest absolute Gasteiger partial charge is 0.392 e. The zero-order valence-corrected chi connectivity index (χ0v) is 20.1. The van der Waals surface area contributed by atoms with Gasteiger partial charge in [0, 0.05) is 24.2 Å². The molecule has 0 saturated carbocycles. The van der Waals surface area contributed by atoms with Crippen LogP contribution < -0.4 is 16.4 Å². The van der Waals surface area contributed by atoms with Crippen LogP contribution in [-0.4, -0.2) is 44.3 Å². The summed E-state index contributed by atoms with van der Waals surface area (Å²) in [5.41, 5.74) is 5.88. The van der Waals surface area contributed by atoms with Crippen molar-refractivity contribution in [3.8, 4) is 16.9 Å². The molecule has 0 aliphatic heterocycles. The number of aromatic nitrogens is 3. The van der Waals surface area contributed by atoms with Crippen molar-refractivity contribution in [2.45, 2.75) is 13.0 Å². The molecule has 2 heterocycles. The van der Waals surface area contributed by atoms with E-state index in [2.05, 4.69) is 20.7 Å². The Labute approximate surface area is 214 Å². The van der Waals surface area contributed by atoms with Crippen LogP contribution in [0, 0.1) is 11.6 Å². The van der Waals surface area contributed by atoms with Gasteiger partial charge in [-0.25, -0.2) is 18.4 Å². The van der Waals surface area contributed by atoms with Gasteiger partial charge >= 0.3 is 0 Å². The van der Waals surface area contributed by atoms with Crippen LogP contribution in [0.25, 0.3) is 16.9 Å². The fourth-order valence-electron chi connectivity index (χ4n) is 3.39. The van der Waals surface area contributed by atoms with Gasteiger partial charge in [0.05, 0.1) is 22.4 Å². The molecule has 0 aliphatic rings. The Kier molecular flexibility index (Phi) is 7.46. The van der Waals surface area contributed by atoms with Crippen molar-refractivity contribution in [2.24, 2.45) is 0 Å². The fourth-order valence-corrected chi connectivity index (χ4v) is 3.59. The summed E-state index contributed by atoms with van der Waals surface area (Å²) in [5.74, 6) is -3.55. The number of hydrogen-bond donors (Lipinski definition) is 4. The number of rotatable bonds is 7. The topological polar surface area (TPSA) is 135 Å². The number of para-hydroxylation sites is 1. The van der Waals surface area contributed by atoms with Gasteiger partial charge in [-0.05, 0) is 31.2 Å². The van der Waals surface area contributed by atoms with Crippen LogP contribution in [0.1, 0.15) is 27.8 Å². The van der Waals surface area contributed by atoms with E-state index in [4.69, 9.17) is 17.3 Å². The summed E-state index contributed by atoms with van der Waals surface area (Å²) < 4.78 is 29.3. The number of carbonyl (C=O) groups excluding carboxylic acids is 2. The van der Waals surface area contributed by atoms with Crippen LogP contribution in [0.4, 0.5) is 20.4 Å². The lowest BCUT2D eigenvalue weighted by Gasteiger charge is -2.11. The van der Waals surface area contributed by atoms with E-state index >= 15 is 0 Å². The van der Waals surface area contributed by atoms with Gasteiger partial charge in [0.15, 0.2) is 23.1 Å². The molecule has 4 rings (SSSR count). The number of carbonyl (C=O) groups is 2. The van der Waals surface area contributed by atoms with Gasteiger partial charge in [0.2, 0.25) is 0 Å². The molecule has 0 spiro atoms. The third kappa shape index (κ3) is 5.74. The number of nitrogen functional groups attached to an aromatic ring is 1. The molecular weight excluding hydrogens is 506 g/mol. The van der Waals surface area contributed by atoms with Gasteiger partial charge in [-0.15, -0.1) is 0 Å². The lowest BCUT2D eigenvalue weighted by molar-refractivity contribution is 0.0918. The first-order chi connectivity index (χ1) is 17.6. The highest BCUT2D eigenvalue weighted by Gasteiger charge is 2.21. The van der Waals surface area contributed by atoms with Gasteiger partial charge < -0.3 is 21.5 Å². The van der Waals surface area contributed by atoms with Crippen LogP contribution in [0.3, 0.4) is 0 Å². The third-order valence-electron chi connectivity index (χ3n) is 5.18. The number of amides is 2. The van der Waals surface area contributed by atoms with Gasteiger partial charge in [0.1, 0.15) is 11.5 Å². The molecule has 0 saturated heterocycles. The van der Waals surface area contributed by atoms with Crippen LogP contribution in [0.5, 0.6) is 0 Å². The minimum absolute atomic E-state index is 0.00675. The maximum Gasteiger partial charge on any atom is 0.271 e. The maximum atomic E-state index is 14.4. The van der Waals surface area contributed by atoms with Crippen LogP contribution in [0.2, 0.25) is 5.02 Å². The molecular formula is C25H21ClF2N6O3. The molecule has 2 aromatic heterocycles. The molecule has 0 unspecified atom stereocenters. The summed E-state index contributed by atoms with van der Waals surface area (Å²) in [5, 5.41) is 19.0. The first-order valence-electron chi connectivity index (χ1n) is 11.0. The van der Waals surface area contributed by atoms with Gasteiger partial charge in [-0.2, -0.15) is 5.10 Å². The molecule has 1 atom stereocenters. The molecule has 4 aromatic rings. The molecule has 12 heteroatoms. The number of nitrogens with one attached hydrogen (secondary N) is 2. The van der Waals surface area contributed by atoms with Gasteiger partial charge in [-0.1, -0.05) is 35.9 Å².